The van der Waals surface area contributed by atoms with Crippen molar-refractivity contribution in [1.82, 2.24) is 4.90 Å². The zero-order chi connectivity index (χ0) is 7.56. The van der Waals surface area contributed by atoms with Crippen LogP contribution in [0.1, 0.15) is 26.2 Å². The Kier molecular flexibility index (Phi) is 2.69. The van der Waals surface area contributed by atoms with Crippen molar-refractivity contribution in [3.8, 4) is 0 Å². The Morgan fingerprint density at radius 1 is 1.60 bits per heavy atom. The van der Waals surface area contributed by atoms with Gasteiger partial charge in [0.15, 0.2) is 0 Å². The van der Waals surface area contributed by atoms with E-state index < -0.39 is 0 Å². The third-order valence-electron chi connectivity index (χ3n) is 2.40. The first-order chi connectivity index (χ1) is 4.75. The fourth-order valence-corrected chi connectivity index (χ4v) is 1.29. The summed E-state index contributed by atoms with van der Waals surface area (Å²) >= 11 is 0. The largest absolute Gasteiger partial charge is 0.330 e. The van der Waals surface area contributed by atoms with E-state index in [-0.39, 0.29) is 0 Å². The van der Waals surface area contributed by atoms with Gasteiger partial charge in [-0.05, 0) is 39.8 Å². The molecule has 1 fully saturated rings. The molecule has 10 heavy (non-hydrogen) atoms. The van der Waals surface area contributed by atoms with Crippen molar-refractivity contribution in [2.45, 2.75) is 38.3 Å². The first kappa shape index (κ1) is 8.02. The van der Waals surface area contributed by atoms with E-state index in [0.717, 1.165) is 19.0 Å². The van der Waals surface area contributed by atoms with E-state index in [1.54, 1.807) is 0 Å². The van der Waals surface area contributed by atoms with Crippen molar-refractivity contribution >= 4 is 0 Å². The molecule has 0 aromatic carbocycles. The molecule has 1 saturated carbocycles. The molecule has 0 amide bonds. The summed E-state index contributed by atoms with van der Waals surface area (Å²) in [7, 11) is 2.21. The highest BCUT2D eigenvalue weighted by Crippen LogP contribution is 2.27. The molecule has 0 spiro atoms. The third-order valence-corrected chi connectivity index (χ3v) is 2.40. The maximum atomic E-state index is 5.46. The van der Waals surface area contributed by atoms with Gasteiger partial charge in [0, 0.05) is 12.1 Å². The first-order valence-corrected chi connectivity index (χ1v) is 4.17. The van der Waals surface area contributed by atoms with Gasteiger partial charge in [-0.1, -0.05) is 0 Å². The monoisotopic (exact) mass is 142 g/mol. The fraction of sp³-hybridized carbons (Fsp3) is 1.00. The third kappa shape index (κ3) is 1.96. The SMILES string of the molecule is CC(CCN)N(C)C1CC1. The van der Waals surface area contributed by atoms with E-state index in [1.807, 2.05) is 0 Å². The van der Waals surface area contributed by atoms with Crippen LogP contribution in [0.3, 0.4) is 0 Å². The van der Waals surface area contributed by atoms with Crippen molar-refractivity contribution < 1.29 is 0 Å². The minimum absolute atomic E-state index is 0.678. The highest BCUT2D eigenvalue weighted by Gasteiger charge is 2.28. The minimum Gasteiger partial charge on any atom is -0.330 e. The zero-order valence-electron chi connectivity index (χ0n) is 7.01. The average Bonchev–Trinajstić information content (AvgIpc) is 2.68. The Morgan fingerprint density at radius 3 is 2.60 bits per heavy atom. The molecule has 0 aliphatic heterocycles. The summed E-state index contributed by atoms with van der Waals surface area (Å²) in [6.45, 7) is 3.07. The lowest BCUT2D eigenvalue weighted by molar-refractivity contribution is 0.239. The maximum absolute atomic E-state index is 5.46. The summed E-state index contributed by atoms with van der Waals surface area (Å²) in [5, 5.41) is 0. The van der Waals surface area contributed by atoms with Gasteiger partial charge in [0.2, 0.25) is 0 Å². The standard InChI is InChI=1S/C8H18N2/c1-7(5-6-9)10(2)8-3-4-8/h7-8H,3-6,9H2,1-2H3. The molecule has 0 aromatic rings. The van der Waals surface area contributed by atoms with E-state index in [1.165, 1.54) is 12.8 Å². The molecule has 0 radical (unpaired) electrons. The second-order valence-electron chi connectivity index (χ2n) is 3.32. The van der Waals surface area contributed by atoms with E-state index in [2.05, 4.69) is 18.9 Å². The quantitative estimate of drug-likeness (QED) is 0.629. The maximum Gasteiger partial charge on any atom is 0.00961 e. The van der Waals surface area contributed by atoms with Crippen molar-refractivity contribution in [3.63, 3.8) is 0 Å². The van der Waals surface area contributed by atoms with Gasteiger partial charge in [0.1, 0.15) is 0 Å². The molecule has 60 valence electrons. The Morgan fingerprint density at radius 2 is 2.20 bits per heavy atom. The van der Waals surface area contributed by atoms with E-state index in [4.69, 9.17) is 5.73 Å². The molecule has 2 nitrogen and oxygen atoms in total. The van der Waals surface area contributed by atoms with E-state index in [9.17, 15) is 0 Å². The summed E-state index contributed by atoms with van der Waals surface area (Å²) in [5.41, 5.74) is 5.46. The lowest BCUT2D eigenvalue weighted by Crippen LogP contribution is -2.32. The molecule has 0 bridgehead atoms. The van der Waals surface area contributed by atoms with Crippen LogP contribution in [0.2, 0.25) is 0 Å². The van der Waals surface area contributed by atoms with Crippen molar-refractivity contribution in [2.75, 3.05) is 13.6 Å². The Balaban J connectivity index is 2.17. The van der Waals surface area contributed by atoms with Crippen LogP contribution in [0.4, 0.5) is 0 Å². The van der Waals surface area contributed by atoms with Crippen LogP contribution in [0.5, 0.6) is 0 Å². The Labute approximate surface area is 63.4 Å². The van der Waals surface area contributed by atoms with E-state index in [0.29, 0.717) is 6.04 Å². The molecular weight excluding hydrogens is 124 g/mol. The number of nitrogens with zero attached hydrogens (tertiary/aromatic N) is 1. The Bertz CT molecular complexity index is 99.4. The van der Waals surface area contributed by atoms with E-state index >= 15 is 0 Å². The number of nitrogens with two attached hydrogens (primary N) is 1. The minimum atomic E-state index is 0.678. The summed E-state index contributed by atoms with van der Waals surface area (Å²) in [5.74, 6) is 0. The van der Waals surface area contributed by atoms with Crippen LogP contribution in [0, 0.1) is 0 Å². The topological polar surface area (TPSA) is 29.3 Å². The molecule has 1 atom stereocenters. The lowest BCUT2D eigenvalue weighted by Gasteiger charge is -2.23. The second kappa shape index (κ2) is 3.35. The zero-order valence-corrected chi connectivity index (χ0v) is 7.01. The van der Waals surface area contributed by atoms with Crippen LogP contribution >= 0.6 is 0 Å². The van der Waals surface area contributed by atoms with Gasteiger partial charge in [0.05, 0.1) is 0 Å². The van der Waals surface area contributed by atoms with Crippen molar-refractivity contribution in [3.05, 3.63) is 0 Å². The van der Waals surface area contributed by atoms with Crippen LogP contribution in [0.15, 0.2) is 0 Å². The molecule has 1 unspecified atom stereocenters. The summed E-state index contributed by atoms with van der Waals surface area (Å²) in [4.78, 5) is 2.45. The smallest absolute Gasteiger partial charge is 0.00961 e. The predicted octanol–water partition coefficient (Wildman–Crippen LogP) is 0.818. The van der Waals surface area contributed by atoms with Crippen molar-refractivity contribution in [1.29, 1.82) is 0 Å². The second-order valence-corrected chi connectivity index (χ2v) is 3.32. The summed E-state index contributed by atoms with van der Waals surface area (Å²) < 4.78 is 0. The van der Waals surface area contributed by atoms with Crippen LogP contribution in [-0.2, 0) is 0 Å². The molecule has 2 heteroatoms. The van der Waals surface area contributed by atoms with Gasteiger partial charge in [-0.3, -0.25) is 0 Å². The average molecular weight is 142 g/mol. The fourth-order valence-electron chi connectivity index (χ4n) is 1.29. The van der Waals surface area contributed by atoms with Crippen LogP contribution < -0.4 is 5.73 Å². The molecule has 0 aromatic heterocycles. The molecule has 0 heterocycles. The molecule has 1 rings (SSSR count). The molecular formula is C8H18N2. The van der Waals surface area contributed by atoms with Gasteiger partial charge >= 0.3 is 0 Å². The van der Waals surface area contributed by atoms with Gasteiger partial charge < -0.3 is 10.6 Å². The summed E-state index contributed by atoms with van der Waals surface area (Å²) in [6.07, 6.45) is 3.92. The Hall–Kier alpha value is -0.0800. The predicted molar refractivity (Wildman–Crippen MR) is 43.9 cm³/mol. The van der Waals surface area contributed by atoms with Crippen LogP contribution in [-0.4, -0.2) is 30.6 Å². The number of rotatable bonds is 4. The number of hydrogen-bond acceptors (Lipinski definition) is 2. The van der Waals surface area contributed by atoms with Crippen molar-refractivity contribution in [2.24, 2.45) is 5.73 Å². The normalized spacial score (nSPS) is 21.6. The highest BCUT2D eigenvalue weighted by atomic mass is 15.2. The van der Waals surface area contributed by atoms with Gasteiger partial charge in [-0.15, -0.1) is 0 Å². The van der Waals surface area contributed by atoms with Crippen LogP contribution in [0.25, 0.3) is 0 Å². The van der Waals surface area contributed by atoms with Gasteiger partial charge in [-0.25, -0.2) is 0 Å². The molecule has 1 aliphatic rings. The molecule has 1 aliphatic carbocycles. The van der Waals surface area contributed by atoms with Gasteiger partial charge in [0.25, 0.3) is 0 Å². The first-order valence-electron chi connectivity index (χ1n) is 4.17. The highest BCUT2D eigenvalue weighted by molar-refractivity contribution is 4.85. The van der Waals surface area contributed by atoms with Gasteiger partial charge in [-0.2, -0.15) is 0 Å². The number of hydrogen-bond donors (Lipinski definition) is 1. The summed E-state index contributed by atoms with van der Waals surface area (Å²) in [6, 6.07) is 1.55. The molecule has 0 saturated heterocycles. The molecule has 2 N–H and O–H groups in total. The lowest BCUT2D eigenvalue weighted by atomic mass is 10.2.